The number of nitrogens with zero attached hydrogens (tertiary/aromatic N) is 3. The molecule has 2 aromatic heterocycles. The number of hydrogen-bond donors (Lipinski definition) is 1. The van der Waals surface area contributed by atoms with Gasteiger partial charge in [-0.3, -0.25) is 4.98 Å². The third kappa shape index (κ3) is 3.84. The number of pyridine rings is 1. The Balaban J connectivity index is 1.60. The Hall–Kier alpha value is -0.920. The van der Waals surface area contributed by atoms with Crippen molar-refractivity contribution >= 4 is 41.1 Å². The van der Waals surface area contributed by atoms with E-state index in [2.05, 4.69) is 21.0 Å². The Bertz CT molecular complexity index is 648. The number of nitrogens with two attached hydrogens (primary N) is 1. The van der Waals surface area contributed by atoms with E-state index < -0.39 is 0 Å². The fraction of sp³-hybridized carbons (Fsp3) is 0.357. The average molecular weight is 337 g/mol. The number of rotatable bonds is 5. The van der Waals surface area contributed by atoms with Crippen molar-refractivity contribution in [2.24, 2.45) is 0 Å². The Kier molecular flexibility index (Phi) is 4.92. The van der Waals surface area contributed by atoms with Crippen LogP contribution in [0, 0.1) is 0 Å². The van der Waals surface area contributed by atoms with Crippen molar-refractivity contribution in [2.75, 3.05) is 23.5 Å². The molecule has 0 unspecified atom stereocenters. The van der Waals surface area contributed by atoms with Gasteiger partial charge in [-0.2, -0.15) is 0 Å². The van der Waals surface area contributed by atoms with E-state index in [9.17, 15) is 0 Å². The summed E-state index contributed by atoms with van der Waals surface area (Å²) in [5.74, 6) is 2.63. The Labute approximate surface area is 137 Å². The van der Waals surface area contributed by atoms with Crippen molar-refractivity contribution in [3.8, 4) is 0 Å². The van der Waals surface area contributed by atoms with E-state index >= 15 is 0 Å². The zero-order chi connectivity index (χ0) is 14.7. The lowest BCUT2D eigenvalue weighted by atomic mass is 10.1. The van der Waals surface area contributed by atoms with E-state index in [1.165, 1.54) is 16.2 Å². The van der Waals surface area contributed by atoms with Crippen molar-refractivity contribution < 1.29 is 0 Å². The monoisotopic (exact) mass is 336 g/mol. The molecule has 0 radical (unpaired) electrons. The van der Waals surface area contributed by atoms with Crippen LogP contribution in [0.1, 0.15) is 11.3 Å². The Morgan fingerprint density at radius 3 is 3.10 bits per heavy atom. The first-order valence-corrected chi connectivity index (χ1v) is 9.86. The van der Waals surface area contributed by atoms with Crippen LogP contribution >= 0.6 is 35.3 Å². The van der Waals surface area contributed by atoms with Crippen LogP contribution in [0.5, 0.6) is 0 Å². The van der Waals surface area contributed by atoms with Gasteiger partial charge in [-0.25, -0.2) is 9.97 Å². The molecule has 7 heteroatoms. The van der Waals surface area contributed by atoms with E-state index in [1.54, 1.807) is 29.6 Å². The molecule has 0 saturated carbocycles. The fourth-order valence-corrected chi connectivity index (χ4v) is 4.42. The first kappa shape index (κ1) is 15.0. The molecule has 1 aliphatic rings. The Morgan fingerprint density at radius 1 is 1.33 bits per heavy atom. The normalized spacial score (nSPS) is 13.4. The molecule has 21 heavy (non-hydrogen) atoms. The van der Waals surface area contributed by atoms with E-state index in [0.29, 0.717) is 5.82 Å². The highest BCUT2D eigenvalue weighted by Crippen LogP contribution is 2.31. The standard InChI is InChI=1S/C14H16N4S3/c1-19-13-7-12(15)17-14(18-13)21-5-3-10-6-9-2-4-20-11(9)8-16-10/h6-8H,2-5H2,1H3,(H2,15,17,18). The summed E-state index contributed by atoms with van der Waals surface area (Å²) >= 11 is 5.11. The molecule has 0 saturated heterocycles. The van der Waals surface area contributed by atoms with Crippen molar-refractivity contribution in [3.05, 3.63) is 29.6 Å². The number of aryl methyl sites for hydroxylation is 2. The van der Waals surface area contributed by atoms with Gasteiger partial charge in [0, 0.05) is 34.4 Å². The van der Waals surface area contributed by atoms with Crippen LogP contribution in [0.2, 0.25) is 0 Å². The molecule has 0 aliphatic carbocycles. The number of nitrogen functional groups attached to an aromatic ring is 1. The molecule has 0 amide bonds. The van der Waals surface area contributed by atoms with Gasteiger partial charge in [-0.15, -0.1) is 23.5 Å². The Morgan fingerprint density at radius 2 is 2.24 bits per heavy atom. The number of thioether (sulfide) groups is 3. The van der Waals surface area contributed by atoms with Gasteiger partial charge in [0.1, 0.15) is 10.8 Å². The molecular formula is C14H16N4S3. The molecule has 0 atom stereocenters. The van der Waals surface area contributed by atoms with Crippen LogP contribution in [-0.2, 0) is 12.8 Å². The molecule has 3 heterocycles. The molecule has 2 aromatic rings. The molecule has 2 N–H and O–H groups in total. The summed E-state index contributed by atoms with van der Waals surface area (Å²) in [7, 11) is 0. The van der Waals surface area contributed by atoms with Crippen molar-refractivity contribution in [1.29, 1.82) is 0 Å². The van der Waals surface area contributed by atoms with Gasteiger partial charge < -0.3 is 5.73 Å². The molecule has 1 aliphatic heterocycles. The highest BCUT2D eigenvalue weighted by Gasteiger charge is 2.12. The molecule has 0 fully saturated rings. The zero-order valence-electron chi connectivity index (χ0n) is 11.7. The van der Waals surface area contributed by atoms with Gasteiger partial charge in [-0.1, -0.05) is 11.8 Å². The van der Waals surface area contributed by atoms with Gasteiger partial charge in [0.2, 0.25) is 0 Å². The fourth-order valence-electron chi connectivity index (χ4n) is 2.10. The lowest BCUT2D eigenvalue weighted by molar-refractivity contribution is 0.897. The third-order valence-corrected chi connectivity index (χ3v) is 5.70. The second kappa shape index (κ2) is 6.89. The van der Waals surface area contributed by atoms with Crippen LogP contribution < -0.4 is 5.73 Å². The summed E-state index contributed by atoms with van der Waals surface area (Å²) in [5, 5.41) is 1.66. The number of anilines is 1. The molecular weight excluding hydrogens is 320 g/mol. The van der Waals surface area contributed by atoms with E-state index in [1.807, 2.05) is 24.2 Å². The SMILES string of the molecule is CSc1cc(N)nc(SCCc2cc3c(cn2)SCC3)n1. The predicted octanol–water partition coefficient (Wildman–Crippen LogP) is 3.16. The minimum Gasteiger partial charge on any atom is -0.384 e. The molecule has 0 bridgehead atoms. The molecule has 0 spiro atoms. The summed E-state index contributed by atoms with van der Waals surface area (Å²) < 4.78 is 0. The maximum atomic E-state index is 5.79. The lowest BCUT2D eigenvalue weighted by Crippen LogP contribution is -1.98. The van der Waals surface area contributed by atoms with Gasteiger partial charge in [0.25, 0.3) is 0 Å². The van der Waals surface area contributed by atoms with Crippen molar-refractivity contribution in [3.63, 3.8) is 0 Å². The van der Waals surface area contributed by atoms with Crippen LogP contribution in [0.25, 0.3) is 0 Å². The summed E-state index contributed by atoms with van der Waals surface area (Å²) in [6.45, 7) is 0. The van der Waals surface area contributed by atoms with Gasteiger partial charge >= 0.3 is 0 Å². The topological polar surface area (TPSA) is 64.7 Å². The highest BCUT2D eigenvalue weighted by atomic mass is 32.2. The minimum absolute atomic E-state index is 0.532. The van der Waals surface area contributed by atoms with Crippen molar-refractivity contribution in [1.82, 2.24) is 15.0 Å². The van der Waals surface area contributed by atoms with Crippen LogP contribution in [0.3, 0.4) is 0 Å². The molecule has 110 valence electrons. The van der Waals surface area contributed by atoms with Gasteiger partial charge in [-0.05, 0) is 30.7 Å². The van der Waals surface area contributed by atoms with Gasteiger partial charge in [0.05, 0.1) is 0 Å². The molecule has 3 rings (SSSR count). The van der Waals surface area contributed by atoms with Crippen LogP contribution in [-0.4, -0.2) is 32.7 Å². The summed E-state index contributed by atoms with van der Waals surface area (Å²) in [6.07, 6.45) is 6.09. The predicted molar refractivity (Wildman–Crippen MR) is 91.3 cm³/mol. The second-order valence-corrected chi connectivity index (χ2v) is 7.62. The summed E-state index contributed by atoms with van der Waals surface area (Å²) in [5.41, 5.74) is 8.38. The summed E-state index contributed by atoms with van der Waals surface area (Å²) in [4.78, 5) is 14.6. The van der Waals surface area contributed by atoms with Gasteiger partial charge in [0.15, 0.2) is 5.16 Å². The highest BCUT2D eigenvalue weighted by molar-refractivity contribution is 7.99. The minimum atomic E-state index is 0.532. The zero-order valence-corrected chi connectivity index (χ0v) is 14.2. The van der Waals surface area contributed by atoms with E-state index in [-0.39, 0.29) is 0 Å². The molecule has 4 nitrogen and oxygen atoms in total. The third-order valence-electron chi connectivity index (χ3n) is 3.13. The summed E-state index contributed by atoms with van der Waals surface area (Å²) in [6, 6.07) is 4.04. The smallest absolute Gasteiger partial charge is 0.190 e. The van der Waals surface area contributed by atoms with Crippen LogP contribution in [0.15, 0.2) is 33.4 Å². The largest absolute Gasteiger partial charge is 0.384 e. The first-order valence-electron chi connectivity index (χ1n) is 6.66. The van der Waals surface area contributed by atoms with Crippen molar-refractivity contribution in [2.45, 2.75) is 27.9 Å². The number of aromatic nitrogens is 3. The second-order valence-electron chi connectivity index (χ2n) is 4.60. The quantitative estimate of drug-likeness (QED) is 0.511. The maximum absolute atomic E-state index is 5.79. The first-order chi connectivity index (χ1) is 10.2. The van der Waals surface area contributed by atoms with E-state index in [4.69, 9.17) is 5.73 Å². The maximum Gasteiger partial charge on any atom is 0.190 e. The van der Waals surface area contributed by atoms with E-state index in [0.717, 1.165) is 34.5 Å². The number of hydrogen-bond acceptors (Lipinski definition) is 7. The number of fused-ring (bicyclic) bond motifs is 1. The average Bonchev–Trinajstić information content (AvgIpc) is 2.94. The molecule has 0 aromatic carbocycles. The lowest BCUT2D eigenvalue weighted by Gasteiger charge is -2.05. The van der Waals surface area contributed by atoms with Crippen LogP contribution in [0.4, 0.5) is 5.82 Å².